The Hall–Kier alpha value is -8.74. The zero-order valence-electron chi connectivity index (χ0n) is 47.4. The highest BCUT2D eigenvalue weighted by Gasteiger charge is 2.52. The number of amides is 7. The van der Waals surface area contributed by atoms with Crippen LogP contribution in [0.3, 0.4) is 0 Å². The molecule has 7 amide bonds. The SMILES string of the molecule is CCC1(OC(=O)C(NC(=O)C(Cc2cnc[nH]2)NC(=O)C(CC(C)C)NC(=O)CNC(=O)[C@H](CC(C)C)NC(=O)C2CCCN2C(=S)Nc2ccc(NC(N)=O)cc2)C(C)C)C(=O)OCc2c1cc1n(c2=O)Cc2cc3ccccc3nc2-1. The number of ether oxygens (including phenoxy) is 2. The van der Waals surface area contributed by atoms with Gasteiger partial charge in [0.15, 0.2) is 5.11 Å². The number of nitrogens with zero attached hydrogens (tertiary/aromatic N) is 4. The highest BCUT2D eigenvalue weighted by atomic mass is 32.1. The van der Waals surface area contributed by atoms with E-state index in [0.29, 0.717) is 53.4 Å². The topological polar surface area (TPSA) is 332 Å². The molecule has 0 spiro atoms. The summed E-state index contributed by atoms with van der Waals surface area (Å²) in [5.41, 5.74) is 7.07. The fourth-order valence-electron chi connectivity index (χ4n) is 10.6. The molecule has 6 atom stereocenters. The number of primary amides is 1. The van der Waals surface area contributed by atoms with E-state index in [1.165, 1.54) is 12.5 Å². The number of nitrogens with one attached hydrogen (secondary N) is 8. The summed E-state index contributed by atoms with van der Waals surface area (Å²) in [6.45, 7) is 12.2. The van der Waals surface area contributed by atoms with Crippen LogP contribution in [0.2, 0.25) is 0 Å². The van der Waals surface area contributed by atoms with Gasteiger partial charge in [-0.3, -0.25) is 28.8 Å². The molecule has 3 aliphatic heterocycles. The molecule has 0 aliphatic carbocycles. The van der Waals surface area contributed by atoms with Crippen LogP contribution in [0.4, 0.5) is 16.2 Å². The first-order chi connectivity index (χ1) is 39.5. The number of carbonyl (C=O) groups excluding carboxylic acids is 8. The van der Waals surface area contributed by atoms with Crippen molar-refractivity contribution < 1.29 is 47.8 Å². The third-order valence-corrected chi connectivity index (χ3v) is 15.2. The van der Waals surface area contributed by atoms with Crippen molar-refractivity contribution in [2.75, 3.05) is 23.7 Å². The fourth-order valence-corrected chi connectivity index (χ4v) is 11.0. The number of anilines is 2. The molecule has 2 aromatic carbocycles. The van der Waals surface area contributed by atoms with Gasteiger partial charge < -0.3 is 66.9 Å². The summed E-state index contributed by atoms with van der Waals surface area (Å²) >= 11 is 5.68. The van der Waals surface area contributed by atoms with Crippen LogP contribution in [0.5, 0.6) is 0 Å². The molecule has 5 aromatic rings. The Morgan fingerprint density at radius 3 is 2.18 bits per heavy atom. The van der Waals surface area contributed by atoms with Gasteiger partial charge in [-0.2, -0.15) is 0 Å². The molecule has 3 aliphatic rings. The second-order valence-electron chi connectivity index (χ2n) is 22.3. The third kappa shape index (κ3) is 14.0. The number of H-pyrrole nitrogens is 1. The van der Waals surface area contributed by atoms with Gasteiger partial charge in [0.1, 0.15) is 36.8 Å². The molecule has 25 heteroatoms. The van der Waals surface area contributed by atoms with Crippen LogP contribution in [0.15, 0.2) is 78.0 Å². The first kappa shape index (κ1) is 60.4. The Bertz CT molecular complexity index is 3370. The number of esters is 2. The van der Waals surface area contributed by atoms with E-state index in [-0.39, 0.29) is 66.9 Å². The molecular weight excluding hydrogens is 1090 g/mol. The number of aromatic amines is 1. The maximum Gasteiger partial charge on any atom is 0.355 e. The monoisotopic (exact) mass is 1160 g/mol. The smallest absolute Gasteiger partial charge is 0.355 e. The zero-order valence-corrected chi connectivity index (χ0v) is 48.2. The second kappa shape index (κ2) is 26.0. The van der Waals surface area contributed by atoms with E-state index < -0.39 is 101 Å². The van der Waals surface area contributed by atoms with Crippen LogP contribution < -0.4 is 48.5 Å². The third-order valence-electron chi connectivity index (χ3n) is 14.8. The molecule has 1 fully saturated rings. The molecular formula is C58H71N13O11S. The van der Waals surface area contributed by atoms with Gasteiger partial charge in [0.05, 0.1) is 41.9 Å². The number of fused-ring (bicyclic) bond motifs is 5. The van der Waals surface area contributed by atoms with Crippen LogP contribution >= 0.6 is 12.2 Å². The summed E-state index contributed by atoms with van der Waals surface area (Å²) < 4.78 is 13.3. The number of carbonyl (C=O) groups is 8. The normalized spacial score (nSPS) is 17.5. The lowest BCUT2D eigenvalue weighted by atomic mass is 9.85. The first-order valence-corrected chi connectivity index (χ1v) is 28.2. The van der Waals surface area contributed by atoms with Gasteiger partial charge in [-0.25, -0.2) is 24.4 Å². The Labute approximate surface area is 484 Å². The molecule has 5 unspecified atom stereocenters. The van der Waals surface area contributed by atoms with Gasteiger partial charge in [-0.05, 0) is 105 Å². The molecule has 10 N–H and O–H groups in total. The number of hydrogen-bond donors (Lipinski definition) is 9. The number of benzene rings is 2. The minimum atomic E-state index is -2.08. The molecule has 1 saturated heterocycles. The Morgan fingerprint density at radius 1 is 0.855 bits per heavy atom. The number of imidazole rings is 1. The summed E-state index contributed by atoms with van der Waals surface area (Å²) in [4.78, 5) is 138. The number of rotatable bonds is 22. The second-order valence-corrected chi connectivity index (χ2v) is 22.6. The van der Waals surface area contributed by atoms with Gasteiger partial charge in [-0.15, -0.1) is 0 Å². The summed E-state index contributed by atoms with van der Waals surface area (Å²) in [7, 11) is 0. The lowest BCUT2D eigenvalue weighted by molar-refractivity contribution is -0.191. The van der Waals surface area contributed by atoms with E-state index in [2.05, 4.69) is 47.2 Å². The van der Waals surface area contributed by atoms with Crippen LogP contribution in [-0.4, -0.2) is 120 Å². The van der Waals surface area contributed by atoms with Crippen LogP contribution in [0, 0.1) is 17.8 Å². The van der Waals surface area contributed by atoms with Crippen molar-refractivity contribution in [3.8, 4) is 11.4 Å². The largest absolute Gasteiger partial charge is 0.457 e. The molecule has 0 radical (unpaired) electrons. The number of nitrogens with two attached hydrogens (primary N) is 1. The van der Waals surface area contributed by atoms with Crippen molar-refractivity contribution in [1.29, 1.82) is 0 Å². The molecule has 440 valence electrons. The minimum Gasteiger partial charge on any atom is -0.457 e. The number of likely N-dealkylation sites (tertiary alicyclic amines) is 1. The summed E-state index contributed by atoms with van der Waals surface area (Å²) in [6, 6.07) is 11.4. The number of urea groups is 1. The standard InChI is InChI=1S/C58H71N13O11S/c1-8-58(39-24-45-48-34(22-33-12-9-10-13-40(33)66-48)27-71(45)53(77)38(39)28-81-55(58)79)82-54(78)47(32(6)7)69-51(75)43(23-37-25-60-29-62-37)67-50(74)42(21-31(4)5)65-46(72)26-61-49(73)41(20-30(2)3)68-52(76)44-14-11-19-70(44)57(83)64-36-17-15-35(16-18-36)63-56(59)80/h9-10,12-13,15-18,22,24-25,29-32,41-44,47H,8,11,14,19-21,23,26-28H2,1-7H3,(H,60,62)(H,61,73)(H,64,83)(H,65,72)(H,67,74)(H,68,76)(H,69,75)(H3,59,63,80)/t41-,42?,43?,44?,47?,58?/m0/s1. The van der Waals surface area contributed by atoms with Crippen LogP contribution in [0.25, 0.3) is 22.3 Å². The van der Waals surface area contributed by atoms with Gasteiger partial charge in [0, 0.05) is 52.7 Å². The average Bonchev–Trinajstić information content (AvgIpc) is 2.04. The Balaban J connectivity index is 0.925. The lowest BCUT2D eigenvalue weighted by Crippen LogP contribution is -2.59. The van der Waals surface area contributed by atoms with Crippen molar-refractivity contribution in [1.82, 2.24) is 51.0 Å². The summed E-state index contributed by atoms with van der Waals surface area (Å²) in [5, 5.41) is 20.4. The van der Waals surface area contributed by atoms with E-state index >= 15 is 0 Å². The van der Waals surface area contributed by atoms with Gasteiger partial charge in [0.2, 0.25) is 35.1 Å². The maximum atomic E-state index is 14.6. The van der Waals surface area contributed by atoms with Crippen LogP contribution in [0.1, 0.15) is 103 Å². The number of hydrogen-bond acceptors (Lipinski definition) is 14. The molecule has 0 saturated carbocycles. The number of cyclic esters (lactones) is 1. The highest BCUT2D eigenvalue weighted by molar-refractivity contribution is 7.80. The van der Waals surface area contributed by atoms with Crippen molar-refractivity contribution in [2.24, 2.45) is 23.5 Å². The summed E-state index contributed by atoms with van der Waals surface area (Å²) in [6.07, 6.45) is 4.07. The van der Waals surface area contributed by atoms with Crippen molar-refractivity contribution in [3.05, 3.63) is 106 Å². The predicted molar refractivity (Wildman–Crippen MR) is 311 cm³/mol. The Kier molecular flexibility index (Phi) is 18.9. The number of thiocarbonyl (C=S) groups is 1. The molecule has 8 rings (SSSR count). The lowest BCUT2D eigenvalue weighted by Gasteiger charge is -2.37. The average molecular weight is 1160 g/mol. The highest BCUT2D eigenvalue weighted by Crippen LogP contribution is 2.41. The van der Waals surface area contributed by atoms with E-state index in [1.807, 2.05) is 58.0 Å². The Morgan fingerprint density at radius 2 is 1.53 bits per heavy atom. The maximum absolute atomic E-state index is 14.6. The quantitative estimate of drug-likeness (QED) is 0.0345. The van der Waals surface area contributed by atoms with Gasteiger partial charge in [-0.1, -0.05) is 66.7 Å². The minimum absolute atomic E-state index is 0.0462. The molecule has 0 bridgehead atoms. The molecule has 83 heavy (non-hydrogen) atoms. The van der Waals surface area contributed by atoms with E-state index in [4.69, 9.17) is 32.4 Å². The van der Waals surface area contributed by atoms with Gasteiger partial charge in [0.25, 0.3) is 5.56 Å². The van der Waals surface area contributed by atoms with Crippen molar-refractivity contribution in [2.45, 2.75) is 136 Å². The number of pyridine rings is 2. The van der Waals surface area contributed by atoms with Gasteiger partial charge >= 0.3 is 18.0 Å². The number of aromatic nitrogens is 4. The van der Waals surface area contributed by atoms with E-state index in [1.54, 1.807) is 60.6 Å². The van der Waals surface area contributed by atoms with Crippen molar-refractivity contribution >= 4 is 87.1 Å². The first-order valence-electron chi connectivity index (χ1n) is 27.8. The van der Waals surface area contributed by atoms with Crippen molar-refractivity contribution in [3.63, 3.8) is 0 Å². The van der Waals surface area contributed by atoms with E-state index in [0.717, 1.165) is 10.9 Å². The molecule has 6 heterocycles. The molecule has 24 nitrogen and oxygen atoms in total. The molecule has 3 aromatic heterocycles. The van der Waals surface area contributed by atoms with E-state index in [9.17, 15) is 43.2 Å². The summed E-state index contributed by atoms with van der Waals surface area (Å²) in [5.74, 6) is -6.06. The zero-order chi connectivity index (χ0) is 59.9. The predicted octanol–water partition coefficient (Wildman–Crippen LogP) is 3.75. The van der Waals surface area contributed by atoms with Crippen LogP contribution in [-0.2, 0) is 68.2 Å². The number of para-hydroxylation sites is 1. The fraction of sp³-hybridized carbons (Fsp3) is 0.448.